The molecule has 0 amide bonds. The normalized spacial score (nSPS) is 41.7. The van der Waals surface area contributed by atoms with Crippen LogP contribution < -0.4 is 0 Å². The van der Waals surface area contributed by atoms with Crippen LogP contribution in [0.2, 0.25) is 0 Å². The van der Waals surface area contributed by atoms with Crippen LogP contribution in [0.1, 0.15) is 70.6 Å². The van der Waals surface area contributed by atoms with Gasteiger partial charge in [-0.05, 0) is 25.7 Å². The summed E-state index contributed by atoms with van der Waals surface area (Å²) in [7, 11) is 0. The highest BCUT2D eigenvalue weighted by Gasteiger charge is 2.68. The number of rotatable bonds is 5. The summed E-state index contributed by atoms with van der Waals surface area (Å²) in [6, 6.07) is 0. The fraction of sp³-hybridized carbons (Fsp3) is 0.833. The summed E-state index contributed by atoms with van der Waals surface area (Å²) in [6.07, 6.45) is 16.9. The molecule has 2 saturated carbocycles. The van der Waals surface area contributed by atoms with Crippen molar-refractivity contribution >= 4 is 0 Å². The van der Waals surface area contributed by atoms with Gasteiger partial charge >= 0.3 is 0 Å². The minimum atomic E-state index is -0.844. The van der Waals surface area contributed by atoms with Crippen molar-refractivity contribution < 1.29 is 28.4 Å². The van der Waals surface area contributed by atoms with Gasteiger partial charge in [0.2, 0.25) is 0 Å². The Balaban J connectivity index is 1.41. The number of terminal acetylenes is 1. The highest BCUT2D eigenvalue weighted by Crippen LogP contribution is 2.53. The first kappa shape index (κ1) is 20.9. The highest BCUT2D eigenvalue weighted by atomic mass is 16.9. The zero-order chi connectivity index (χ0) is 20.7. The second-order valence-corrected chi connectivity index (χ2v) is 9.43. The van der Waals surface area contributed by atoms with Gasteiger partial charge in [-0.25, -0.2) is 0 Å². The molecule has 5 rings (SSSR count). The summed E-state index contributed by atoms with van der Waals surface area (Å²) in [6.45, 7) is 4.66. The van der Waals surface area contributed by atoms with Crippen LogP contribution in [-0.2, 0) is 28.4 Å². The first-order chi connectivity index (χ1) is 14.6. The molecule has 3 heterocycles. The summed E-state index contributed by atoms with van der Waals surface area (Å²) < 4.78 is 38.6. The molecule has 3 saturated heterocycles. The highest BCUT2D eigenvalue weighted by molar-refractivity contribution is 5.15. The van der Waals surface area contributed by atoms with E-state index in [-0.39, 0.29) is 12.2 Å². The van der Waals surface area contributed by atoms with E-state index in [1.165, 1.54) is 12.8 Å². The molecule has 3 aliphatic heterocycles. The lowest BCUT2D eigenvalue weighted by Gasteiger charge is -2.41. The van der Waals surface area contributed by atoms with Crippen molar-refractivity contribution in [1.29, 1.82) is 0 Å². The van der Waals surface area contributed by atoms with Crippen molar-refractivity contribution in [2.24, 2.45) is 0 Å². The van der Waals surface area contributed by atoms with Gasteiger partial charge in [-0.15, -0.1) is 18.9 Å². The lowest BCUT2D eigenvalue weighted by atomic mass is 9.85. The predicted molar refractivity (Wildman–Crippen MR) is 109 cm³/mol. The Labute approximate surface area is 179 Å². The third-order valence-corrected chi connectivity index (χ3v) is 7.46. The molecule has 5 fully saturated rings. The first-order valence-corrected chi connectivity index (χ1v) is 11.7. The van der Waals surface area contributed by atoms with Crippen molar-refractivity contribution in [3.05, 3.63) is 12.7 Å². The van der Waals surface area contributed by atoms with Crippen molar-refractivity contribution in [2.75, 3.05) is 13.2 Å². The van der Waals surface area contributed by atoms with E-state index in [0.29, 0.717) is 19.6 Å². The van der Waals surface area contributed by atoms with Gasteiger partial charge in [-0.1, -0.05) is 18.9 Å². The zero-order valence-corrected chi connectivity index (χ0v) is 17.8. The minimum Gasteiger partial charge on any atom is -0.364 e. The van der Waals surface area contributed by atoms with Gasteiger partial charge in [0.15, 0.2) is 17.9 Å². The molecule has 166 valence electrons. The van der Waals surface area contributed by atoms with Crippen LogP contribution in [0, 0.1) is 12.3 Å². The van der Waals surface area contributed by atoms with Gasteiger partial charge in [0.25, 0.3) is 0 Å². The van der Waals surface area contributed by atoms with Crippen molar-refractivity contribution in [3.8, 4) is 12.3 Å². The van der Waals surface area contributed by atoms with Crippen molar-refractivity contribution in [1.82, 2.24) is 0 Å². The van der Waals surface area contributed by atoms with Crippen LogP contribution in [0.15, 0.2) is 12.7 Å². The Morgan fingerprint density at radius 1 is 0.933 bits per heavy atom. The quantitative estimate of drug-likeness (QED) is 0.500. The molecular weight excluding hydrogens is 384 g/mol. The van der Waals surface area contributed by atoms with Crippen LogP contribution >= 0.6 is 0 Å². The molecule has 5 aliphatic rings. The average Bonchev–Trinajstić information content (AvgIpc) is 3.40. The SMILES string of the molecule is C#CC[C@@]1(OCC=C)[C@@H]([C@H]2COC3(CCCCC3)O2)O[C@@H]2OC3(CCCCC3)O[C@@H]21. The van der Waals surface area contributed by atoms with E-state index in [2.05, 4.69) is 12.5 Å². The molecule has 0 bridgehead atoms. The fourth-order valence-corrected chi connectivity index (χ4v) is 6.04. The zero-order valence-electron chi connectivity index (χ0n) is 17.8. The standard InChI is InChI=1S/C24H34O6/c1-3-11-24(25-16-4-2)19(18-17-26-22(28-18)12-7-5-8-13-22)27-21-20(24)29-23(30-21)14-9-6-10-15-23/h1,4,18-21H,2,5-17H2/t18-,19-,20+,21-,24-/m1/s1. The number of hydrogen-bond acceptors (Lipinski definition) is 6. The second-order valence-electron chi connectivity index (χ2n) is 9.43. The Kier molecular flexibility index (Phi) is 5.72. The predicted octanol–water partition coefficient (Wildman–Crippen LogP) is 3.83. The third-order valence-electron chi connectivity index (χ3n) is 7.46. The summed E-state index contributed by atoms with van der Waals surface area (Å²) in [5.74, 6) is 1.75. The van der Waals surface area contributed by atoms with Gasteiger partial charge in [0.1, 0.15) is 23.9 Å². The van der Waals surface area contributed by atoms with E-state index in [1.807, 2.05) is 0 Å². The van der Waals surface area contributed by atoms with Crippen molar-refractivity contribution in [3.63, 3.8) is 0 Å². The summed E-state index contributed by atoms with van der Waals surface area (Å²) in [5, 5.41) is 0. The smallest absolute Gasteiger partial charge is 0.190 e. The van der Waals surface area contributed by atoms with Gasteiger partial charge in [0.05, 0.1) is 13.2 Å². The molecule has 2 spiro atoms. The molecule has 6 heteroatoms. The van der Waals surface area contributed by atoms with Gasteiger partial charge in [-0.2, -0.15) is 0 Å². The molecule has 6 nitrogen and oxygen atoms in total. The summed E-state index contributed by atoms with van der Waals surface area (Å²) >= 11 is 0. The van der Waals surface area contributed by atoms with E-state index in [1.54, 1.807) is 6.08 Å². The van der Waals surface area contributed by atoms with E-state index < -0.39 is 29.6 Å². The van der Waals surface area contributed by atoms with Crippen LogP contribution in [-0.4, -0.2) is 55.0 Å². The lowest BCUT2D eigenvalue weighted by Crippen LogP contribution is -2.56. The Morgan fingerprint density at radius 2 is 1.63 bits per heavy atom. The topological polar surface area (TPSA) is 55.4 Å². The Hall–Kier alpha value is -0.940. The Morgan fingerprint density at radius 3 is 2.30 bits per heavy atom. The first-order valence-electron chi connectivity index (χ1n) is 11.7. The van der Waals surface area contributed by atoms with E-state index >= 15 is 0 Å². The van der Waals surface area contributed by atoms with Crippen LogP contribution in [0.3, 0.4) is 0 Å². The van der Waals surface area contributed by atoms with Crippen LogP contribution in [0.4, 0.5) is 0 Å². The molecule has 0 aromatic carbocycles. The van der Waals surface area contributed by atoms with E-state index in [4.69, 9.17) is 34.8 Å². The molecule has 0 N–H and O–H groups in total. The lowest BCUT2D eigenvalue weighted by molar-refractivity contribution is -0.276. The van der Waals surface area contributed by atoms with Crippen molar-refractivity contribution in [2.45, 2.75) is 112 Å². The average molecular weight is 419 g/mol. The maximum atomic E-state index is 6.61. The maximum Gasteiger partial charge on any atom is 0.190 e. The summed E-state index contributed by atoms with van der Waals surface area (Å²) in [5.41, 5.74) is -0.844. The molecule has 0 unspecified atom stereocenters. The number of hydrogen-bond donors (Lipinski definition) is 0. The fourth-order valence-electron chi connectivity index (χ4n) is 6.04. The number of ether oxygens (including phenoxy) is 6. The number of fused-ring (bicyclic) bond motifs is 1. The third kappa shape index (κ3) is 3.44. The van der Waals surface area contributed by atoms with Gasteiger partial charge in [-0.3, -0.25) is 0 Å². The molecule has 5 atom stereocenters. The molecule has 0 aromatic heterocycles. The summed E-state index contributed by atoms with van der Waals surface area (Å²) in [4.78, 5) is 0. The minimum absolute atomic E-state index is 0.263. The molecule has 0 radical (unpaired) electrons. The molecule has 0 aromatic rings. The molecule has 2 aliphatic carbocycles. The van der Waals surface area contributed by atoms with Crippen LogP contribution in [0.25, 0.3) is 0 Å². The van der Waals surface area contributed by atoms with E-state index in [9.17, 15) is 0 Å². The van der Waals surface area contributed by atoms with Crippen LogP contribution in [0.5, 0.6) is 0 Å². The Bertz CT molecular complexity index is 674. The molecular formula is C24H34O6. The largest absolute Gasteiger partial charge is 0.364 e. The van der Waals surface area contributed by atoms with E-state index in [0.717, 1.165) is 51.4 Å². The second kappa shape index (κ2) is 8.20. The van der Waals surface area contributed by atoms with Gasteiger partial charge in [0, 0.05) is 32.1 Å². The maximum absolute atomic E-state index is 6.61. The van der Waals surface area contributed by atoms with Gasteiger partial charge < -0.3 is 28.4 Å². The monoisotopic (exact) mass is 418 g/mol. The molecule has 30 heavy (non-hydrogen) atoms.